The molecule has 0 aliphatic rings. The van der Waals surface area contributed by atoms with Gasteiger partial charge in [0.05, 0.1) is 10.3 Å². The van der Waals surface area contributed by atoms with Crippen molar-refractivity contribution in [2.75, 3.05) is 0 Å². The number of thiophene rings is 1. The van der Waals surface area contributed by atoms with Crippen LogP contribution >= 0.6 is 11.3 Å². The van der Waals surface area contributed by atoms with Gasteiger partial charge in [0.1, 0.15) is 10.7 Å². The summed E-state index contributed by atoms with van der Waals surface area (Å²) < 4.78 is 0. The molecule has 1 N–H and O–H groups in total. The lowest BCUT2D eigenvalue weighted by Crippen LogP contribution is -2.07. The number of nitro benzene ring substituents is 1. The van der Waals surface area contributed by atoms with E-state index in [2.05, 4.69) is 9.97 Å². The Bertz CT molecular complexity index is 881. The third kappa shape index (κ3) is 2.43. The molecule has 3 rings (SSSR count). The third-order valence-electron chi connectivity index (χ3n) is 3.15. The zero-order chi connectivity index (χ0) is 15.0. The van der Waals surface area contributed by atoms with Crippen LogP contribution < -0.4 is 5.56 Å². The molecule has 0 atom stereocenters. The van der Waals surface area contributed by atoms with E-state index in [0.29, 0.717) is 21.6 Å². The molecule has 2 heterocycles. The second kappa shape index (κ2) is 5.10. The van der Waals surface area contributed by atoms with Crippen LogP contribution in [0.2, 0.25) is 0 Å². The fourth-order valence-electron chi connectivity index (χ4n) is 2.03. The van der Waals surface area contributed by atoms with Gasteiger partial charge in [0, 0.05) is 22.6 Å². The first-order valence-corrected chi connectivity index (χ1v) is 7.17. The summed E-state index contributed by atoms with van der Waals surface area (Å²) >= 11 is 1.49. The fraction of sp³-hybridized carbons (Fsp3) is 0.143. The average Bonchev–Trinajstić information content (AvgIpc) is 2.91. The van der Waals surface area contributed by atoms with Crippen LogP contribution in [-0.2, 0) is 6.42 Å². The first kappa shape index (κ1) is 13.4. The number of nitrogens with zero attached hydrogens (tertiary/aromatic N) is 2. The number of aromatic nitrogens is 2. The molecule has 7 heteroatoms. The van der Waals surface area contributed by atoms with Crippen LogP contribution in [0.1, 0.15) is 11.8 Å². The van der Waals surface area contributed by atoms with Gasteiger partial charge >= 0.3 is 0 Å². The van der Waals surface area contributed by atoms with Crippen LogP contribution in [0.25, 0.3) is 21.6 Å². The predicted octanol–water partition coefficient (Wildman–Crippen LogP) is 3.12. The van der Waals surface area contributed by atoms with E-state index in [0.717, 1.165) is 11.3 Å². The van der Waals surface area contributed by atoms with Gasteiger partial charge in [0.15, 0.2) is 0 Å². The highest BCUT2D eigenvalue weighted by Crippen LogP contribution is 2.24. The Morgan fingerprint density at radius 3 is 2.67 bits per heavy atom. The van der Waals surface area contributed by atoms with Crippen molar-refractivity contribution in [1.29, 1.82) is 0 Å². The zero-order valence-electron chi connectivity index (χ0n) is 11.1. The number of benzene rings is 1. The van der Waals surface area contributed by atoms with E-state index in [9.17, 15) is 14.9 Å². The molecule has 0 aliphatic carbocycles. The number of fused-ring (bicyclic) bond motifs is 1. The minimum Gasteiger partial charge on any atom is -0.306 e. The number of nitro groups is 1. The van der Waals surface area contributed by atoms with Gasteiger partial charge in [-0.25, -0.2) is 4.98 Å². The van der Waals surface area contributed by atoms with E-state index >= 15 is 0 Å². The Morgan fingerprint density at radius 2 is 2.05 bits per heavy atom. The Balaban J connectivity index is 2.11. The van der Waals surface area contributed by atoms with Crippen LogP contribution in [0.4, 0.5) is 5.69 Å². The van der Waals surface area contributed by atoms with Gasteiger partial charge in [0.2, 0.25) is 0 Å². The zero-order valence-corrected chi connectivity index (χ0v) is 11.9. The van der Waals surface area contributed by atoms with Crippen molar-refractivity contribution in [1.82, 2.24) is 9.97 Å². The molecule has 2 aromatic heterocycles. The van der Waals surface area contributed by atoms with E-state index in [1.807, 2.05) is 13.0 Å². The maximum atomic E-state index is 12.1. The van der Waals surface area contributed by atoms with E-state index in [-0.39, 0.29) is 11.2 Å². The lowest BCUT2D eigenvalue weighted by atomic mass is 10.2. The van der Waals surface area contributed by atoms with Gasteiger partial charge < -0.3 is 4.98 Å². The first-order valence-electron chi connectivity index (χ1n) is 6.36. The second-order valence-electron chi connectivity index (χ2n) is 4.50. The molecule has 6 nitrogen and oxygen atoms in total. The monoisotopic (exact) mass is 301 g/mol. The molecule has 0 fully saturated rings. The normalized spacial score (nSPS) is 10.9. The highest BCUT2D eigenvalue weighted by molar-refractivity contribution is 7.18. The summed E-state index contributed by atoms with van der Waals surface area (Å²) in [7, 11) is 0. The molecule has 106 valence electrons. The van der Waals surface area contributed by atoms with Crippen molar-refractivity contribution in [3.05, 3.63) is 55.7 Å². The quantitative estimate of drug-likeness (QED) is 0.594. The maximum Gasteiger partial charge on any atom is 0.269 e. The predicted molar refractivity (Wildman–Crippen MR) is 81.7 cm³/mol. The van der Waals surface area contributed by atoms with Crippen LogP contribution in [0.15, 0.2) is 35.1 Å². The van der Waals surface area contributed by atoms with E-state index in [1.54, 1.807) is 12.1 Å². The van der Waals surface area contributed by atoms with E-state index in [4.69, 9.17) is 0 Å². The lowest BCUT2D eigenvalue weighted by molar-refractivity contribution is -0.384. The molecule has 0 spiro atoms. The Morgan fingerprint density at radius 1 is 1.33 bits per heavy atom. The molecule has 0 amide bonds. The summed E-state index contributed by atoms with van der Waals surface area (Å²) in [5, 5.41) is 11.2. The standard InChI is InChI=1S/C14H11N3O3S/c1-2-10-7-11-13(18)15-12(16-14(11)21-10)8-3-5-9(6-4-8)17(19)20/h3-7H,2H2,1H3,(H,15,16,18). The lowest BCUT2D eigenvalue weighted by Gasteiger charge is -2.00. The second-order valence-corrected chi connectivity index (χ2v) is 5.62. The van der Waals surface area contributed by atoms with Crippen molar-refractivity contribution in [3.8, 4) is 11.4 Å². The molecule has 3 aromatic rings. The number of H-pyrrole nitrogens is 1. The molecule has 21 heavy (non-hydrogen) atoms. The van der Waals surface area contributed by atoms with Crippen molar-refractivity contribution < 1.29 is 4.92 Å². The third-order valence-corrected chi connectivity index (χ3v) is 4.33. The molecular formula is C14H11N3O3S. The van der Waals surface area contributed by atoms with Gasteiger partial charge in [-0.05, 0) is 24.6 Å². The highest BCUT2D eigenvalue weighted by Gasteiger charge is 2.11. The average molecular weight is 301 g/mol. The number of hydrogen-bond donors (Lipinski definition) is 1. The molecule has 0 aliphatic heterocycles. The fourth-order valence-corrected chi connectivity index (χ4v) is 3.00. The van der Waals surface area contributed by atoms with Gasteiger partial charge in [0.25, 0.3) is 11.2 Å². The topological polar surface area (TPSA) is 88.9 Å². The number of non-ortho nitro benzene ring substituents is 1. The first-order chi connectivity index (χ1) is 10.1. The largest absolute Gasteiger partial charge is 0.306 e. The summed E-state index contributed by atoms with van der Waals surface area (Å²) in [6.07, 6.45) is 0.854. The number of aromatic amines is 1. The van der Waals surface area contributed by atoms with Crippen molar-refractivity contribution >= 4 is 27.2 Å². The number of rotatable bonds is 3. The Hall–Kier alpha value is -2.54. The molecule has 1 aromatic carbocycles. The van der Waals surface area contributed by atoms with Crippen LogP contribution in [0, 0.1) is 10.1 Å². The summed E-state index contributed by atoms with van der Waals surface area (Å²) in [6.45, 7) is 2.02. The van der Waals surface area contributed by atoms with Crippen LogP contribution in [0.5, 0.6) is 0 Å². The van der Waals surface area contributed by atoms with Gasteiger partial charge in [-0.2, -0.15) is 0 Å². The van der Waals surface area contributed by atoms with Crippen LogP contribution in [0.3, 0.4) is 0 Å². The van der Waals surface area contributed by atoms with E-state index in [1.165, 1.54) is 23.5 Å². The highest BCUT2D eigenvalue weighted by atomic mass is 32.1. The number of nitrogens with one attached hydrogen (secondary N) is 1. The van der Waals surface area contributed by atoms with Gasteiger partial charge in [-0.3, -0.25) is 14.9 Å². The van der Waals surface area contributed by atoms with Crippen LogP contribution in [-0.4, -0.2) is 14.9 Å². The summed E-state index contributed by atoms with van der Waals surface area (Å²) in [6, 6.07) is 7.80. The van der Waals surface area contributed by atoms with Crippen molar-refractivity contribution in [2.45, 2.75) is 13.3 Å². The van der Waals surface area contributed by atoms with Gasteiger partial charge in [-0.15, -0.1) is 11.3 Å². The minimum absolute atomic E-state index is 0.00608. The maximum absolute atomic E-state index is 12.1. The minimum atomic E-state index is -0.462. The SMILES string of the molecule is CCc1cc2c(=O)[nH]c(-c3ccc([N+](=O)[O-])cc3)nc2s1. The Labute approximate surface area is 123 Å². The molecule has 0 saturated heterocycles. The van der Waals surface area contributed by atoms with Gasteiger partial charge in [-0.1, -0.05) is 6.92 Å². The molecule has 0 saturated carbocycles. The van der Waals surface area contributed by atoms with Crippen molar-refractivity contribution in [2.24, 2.45) is 0 Å². The molecule has 0 unspecified atom stereocenters. The smallest absolute Gasteiger partial charge is 0.269 e. The van der Waals surface area contributed by atoms with E-state index < -0.39 is 4.92 Å². The molecule has 0 radical (unpaired) electrons. The molecular weight excluding hydrogens is 290 g/mol. The number of hydrogen-bond acceptors (Lipinski definition) is 5. The Kier molecular flexibility index (Phi) is 3.26. The summed E-state index contributed by atoms with van der Waals surface area (Å²) in [4.78, 5) is 31.2. The number of aryl methyl sites for hydroxylation is 1. The summed E-state index contributed by atoms with van der Waals surface area (Å²) in [5.41, 5.74) is 0.460. The van der Waals surface area contributed by atoms with Crippen molar-refractivity contribution in [3.63, 3.8) is 0 Å². The summed E-state index contributed by atoms with van der Waals surface area (Å²) in [5.74, 6) is 0.423. The molecule has 0 bridgehead atoms.